The smallest absolute Gasteiger partial charge is 0.413 e. The molecule has 1 N–H and O–H groups in total. The Balaban J connectivity index is 1.79. The minimum Gasteiger partial charge on any atom is -0.441 e. The molecule has 1 amide bonds. The summed E-state index contributed by atoms with van der Waals surface area (Å²) in [6, 6.07) is 17.5. The standard InChI is InChI=1S/C20H20BrN3O2/c1-3-24-19(18(13-22-24)16-9-11-17(21)12-10-16)23-20(25)26-14(2)15-7-5-4-6-8-15/h4-14H,3H2,1-2H3,(H,23,25)/t14-/m1/s1. The highest BCUT2D eigenvalue weighted by molar-refractivity contribution is 9.10. The van der Waals surface area contributed by atoms with Crippen molar-refractivity contribution in [2.24, 2.45) is 0 Å². The van der Waals surface area contributed by atoms with E-state index in [0.29, 0.717) is 12.4 Å². The Kier molecular flexibility index (Phi) is 5.73. The molecule has 0 saturated heterocycles. The third-order valence-electron chi connectivity index (χ3n) is 4.07. The van der Waals surface area contributed by atoms with E-state index in [1.54, 1.807) is 10.9 Å². The average molecular weight is 414 g/mol. The second-order valence-corrected chi connectivity index (χ2v) is 6.73. The van der Waals surface area contributed by atoms with Crippen molar-refractivity contribution in [3.05, 3.63) is 70.8 Å². The van der Waals surface area contributed by atoms with E-state index in [4.69, 9.17) is 4.74 Å². The molecule has 0 bridgehead atoms. The molecular weight excluding hydrogens is 394 g/mol. The molecule has 134 valence electrons. The summed E-state index contributed by atoms with van der Waals surface area (Å²) in [7, 11) is 0. The molecule has 0 radical (unpaired) electrons. The highest BCUT2D eigenvalue weighted by atomic mass is 79.9. The van der Waals surface area contributed by atoms with Crippen molar-refractivity contribution in [1.29, 1.82) is 0 Å². The minimum atomic E-state index is -0.505. The van der Waals surface area contributed by atoms with E-state index in [0.717, 1.165) is 21.2 Å². The lowest BCUT2D eigenvalue weighted by Crippen LogP contribution is -2.19. The normalized spacial score (nSPS) is 11.8. The second-order valence-electron chi connectivity index (χ2n) is 5.81. The Morgan fingerprint density at radius 2 is 1.88 bits per heavy atom. The van der Waals surface area contributed by atoms with Crippen LogP contribution in [0.1, 0.15) is 25.5 Å². The summed E-state index contributed by atoms with van der Waals surface area (Å²) in [5, 5.41) is 7.21. The molecule has 0 aliphatic carbocycles. The Morgan fingerprint density at radius 1 is 1.19 bits per heavy atom. The van der Waals surface area contributed by atoms with Gasteiger partial charge in [0.15, 0.2) is 0 Å². The van der Waals surface area contributed by atoms with Gasteiger partial charge in [0.25, 0.3) is 0 Å². The minimum absolute atomic E-state index is 0.342. The number of hydrogen-bond acceptors (Lipinski definition) is 3. The molecule has 1 atom stereocenters. The first-order chi connectivity index (χ1) is 12.6. The zero-order chi connectivity index (χ0) is 18.5. The van der Waals surface area contributed by atoms with E-state index in [1.807, 2.05) is 68.4 Å². The number of hydrogen-bond donors (Lipinski definition) is 1. The molecule has 0 saturated carbocycles. The van der Waals surface area contributed by atoms with E-state index in [9.17, 15) is 4.79 Å². The number of carbonyl (C=O) groups excluding carboxylic acids is 1. The predicted molar refractivity (Wildman–Crippen MR) is 106 cm³/mol. The van der Waals surface area contributed by atoms with Crippen LogP contribution in [0.25, 0.3) is 11.1 Å². The maximum atomic E-state index is 12.4. The van der Waals surface area contributed by atoms with Crippen LogP contribution in [-0.4, -0.2) is 15.9 Å². The van der Waals surface area contributed by atoms with Gasteiger partial charge in [-0.15, -0.1) is 0 Å². The van der Waals surface area contributed by atoms with E-state index in [2.05, 4.69) is 26.3 Å². The third-order valence-corrected chi connectivity index (χ3v) is 4.60. The second kappa shape index (κ2) is 8.19. The van der Waals surface area contributed by atoms with Crippen molar-refractivity contribution in [2.45, 2.75) is 26.5 Å². The van der Waals surface area contributed by atoms with E-state index in [-0.39, 0.29) is 6.10 Å². The zero-order valence-corrected chi connectivity index (χ0v) is 16.2. The van der Waals surface area contributed by atoms with Crippen LogP contribution in [0.5, 0.6) is 0 Å². The van der Waals surface area contributed by atoms with Gasteiger partial charge in [-0.25, -0.2) is 9.48 Å². The van der Waals surface area contributed by atoms with Crippen LogP contribution in [0.4, 0.5) is 10.6 Å². The fraction of sp³-hybridized carbons (Fsp3) is 0.200. The Labute approximate surface area is 161 Å². The number of nitrogens with one attached hydrogen (secondary N) is 1. The van der Waals surface area contributed by atoms with Gasteiger partial charge in [0.1, 0.15) is 11.9 Å². The van der Waals surface area contributed by atoms with Gasteiger partial charge >= 0.3 is 6.09 Å². The highest BCUT2D eigenvalue weighted by Crippen LogP contribution is 2.29. The summed E-state index contributed by atoms with van der Waals surface area (Å²) < 4.78 is 8.26. The van der Waals surface area contributed by atoms with E-state index >= 15 is 0 Å². The number of halogens is 1. The molecule has 6 heteroatoms. The predicted octanol–water partition coefficient (Wildman–Crippen LogP) is 5.64. The molecule has 5 nitrogen and oxygen atoms in total. The van der Waals surface area contributed by atoms with Gasteiger partial charge < -0.3 is 4.74 Å². The number of aryl methyl sites for hydroxylation is 1. The molecule has 0 fully saturated rings. The van der Waals surface area contributed by atoms with Gasteiger partial charge in [-0.1, -0.05) is 58.4 Å². The maximum Gasteiger partial charge on any atom is 0.413 e. The van der Waals surface area contributed by atoms with Crippen LogP contribution < -0.4 is 5.32 Å². The van der Waals surface area contributed by atoms with Gasteiger partial charge in [0.05, 0.1) is 6.20 Å². The highest BCUT2D eigenvalue weighted by Gasteiger charge is 2.17. The molecule has 1 aromatic heterocycles. The van der Waals surface area contributed by atoms with Gasteiger partial charge in [-0.05, 0) is 37.1 Å². The summed E-state index contributed by atoms with van der Waals surface area (Å²) in [5.41, 5.74) is 2.77. The lowest BCUT2D eigenvalue weighted by molar-refractivity contribution is 0.121. The fourth-order valence-electron chi connectivity index (χ4n) is 2.68. The summed E-state index contributed by atoms with van der Waals surface area (Å²) in [4.78, 5) is 12.4. The summed E-state index contributed by atoms with van der Waals surface area (Å²) in [6.07, 6.45) is 0.906. The molecule has 0 aliphatic heterocycles. The number of rotatable bonds is 5. The molecule has 0 aliphatic rings. The number of carbonyl (C=O) groups is 1. The first-order valence-electron chi connectivity index (χ1n) is 8.42. The molecule has 26 heavy (non-hydrogen) atoms. The average Bonchev–Trinajstić information content (AvgIpc) is 3.05. The number of benzene rings is 2. The van der Waals surface area contributed by atoms with Crippen molar-refractivity contribution in [3.63, 3.8) is 0 Å². The van der Waals surface area contributed by atoms with Crippen molar-refractivity contribution in [3.8, 4) is 11.1 Å². The Morgan fingerprint density at radius 3 is 2.54 bits per heavy atom. The SMILES string of the molecule is CCn1ncc(-c2ccc(Br)cc2)c1NC(=O)O[C@H](C)c1ccccc1. The quantitative estimate of drug-likeness (QED) is 0.588. The summed E-state index contributed by atoms with van der Waals surface area (Å²) >= 11 is 3.43. The lowest BCUT2D eigenvalue weighted by Gasteiger charge is -2.15. The number of nitrogens with zero attached hydrogens (tertiary/aromatic N) is 2. The van der Waals surface area contributed by atoms with Gasteiger partial charge in [-0.2, -0.15) is 5.10 Å². The maximum absolute atomic E-state index is 12.4. The van der Waals surface area contributed by atoms with Gasteiger partial charge in [0, 0.05) is 16.6 Å². The van der Waals surface area contributed by atoms with Crippen LogP contribution in [0.3, 0.4) is 0 Å². The number of ether oxygens (including phenoxy) is 1. The lowest BCUT2D eigenvalue weighted by atomic mass is 10.1. The van der Waals surface area contributed by atoms with Crippen LogP contribution in [-0.2, 0) is 11.3 Å². The van der Waals surface area contributed by atoms with Gasteiger partial charge in [0.2, 0.25) is 0 Å². The topological polar surface area (TPSA) is 56.2 Å². The molecule has 0 unspecified atom stereocenters. The largest absolute Gasteiger partial charge is 0.441 e. The van der Waals surface area contributed by atoms with Crippen molar-refractivity contribution >= 4 is 27.8 Å². The third kappa shape index (κ3) is 4.14. The molecule has 0 spiro atoms. The fourth-order valence-corrected chi connectivity index (χ4v) is 2.94. The zero-order valence-electron chi connectivity index (χ0n) is 14.6. The summed E-state index contributed by atoms with van der Waals surface area (Å²) in [5.74, 6) is 0.625. The van der Waals surface area contributed by atoms with Crippen LogP contribution in [0.15, 0.2) is 65.3 Å². The first kappa shape index (κ1) is 18.2. The number of anilines is 1. The number of aromatic nitrogens is 2. The van der Waals surface area contributed by atoms with E-state index in [1.165, 1.54) is 0 Å². The van der Waals surface area contributed by atoms with Gasteiger partial charge in [-0.3, -0.25) is 5.32 Å². The van der Waals surface area contributed by atoms with Crippen molar-refractivity contribution in [1.82, 2.24) is 9.78 Å². The molecule has 2 aromatic carbocycles. The van der Waals surface area contributed by atoms with Crippen molar-refractivity contribution < 1.29 is 9.53 Å². The molecular formula is C20H20BrN3O2. The number of amides is 1. The Hall–Kier alpha value is -2.60. The van der Waals surface area contributed by atoms with Crippen LogP contribution in [0.2, 0.25) is 0 Å². The molecule has 3 aromatic rings. The van der Waals surface area contributed by atoms with Crippen LogP contribution in [0, 0.1) is 0 Å². The molecule has 3 rings (SSSR count). The van der Waals surface area contributed by atoms with Crippen LogP contribution >= 0.6 is 15.9 Å². The summed E-state index contributed by atoms with van der Waals surface area (Å²) in [6.45, 7) is 4.46. The van der Waals surface area contributed by atoms with Crippen molar-refractivity contribution in [2.75, 3.05) is 5.32 Å². The monoisotopic (exact) mass is 413 g/mol. The first-order valence-corrected chi connectivity index (χ1v) is 9.22. The molecule has 1 heterocycles. The van der Waals surface area contributed by atoms with E-state index < -0.39 is 6.09 Å². The Bertz CT molecular complexity index is 876.